The molecule has 0 spiro atoms. The van der Waals surface area contributed by atoms with Crippen LogP contribution in [-0.2, 0) is 0 Å². The van der Waals surface area contributed by atoms with Crippen molar-refractivity contribution in [1.82, 2.24) is 15.1 Å². The number of carbonyl (C=O) groups excluding carboxylic acids is 1. The molecule has 3 aromatic rings. The fraction of sp³-hybridized carbons (Fsp3) is 0.304. The summed E-state index contributed by atoms with van der Waals surface area (Å²) in [5.74, 6) is -0.310. The predicted octanol–water partition coefficient (Wildman–Crippen LogP) is 4.35. The zero-order valence-corrected chi connectivity index (χ0v) is 16.7. The molecule has 0 radical (unpaired) electrons. The highest BCUT2D eigenvalue weighted by atomic mass is 19.1. The van der Waals surface area contributed by atoms with Crippen LogP contribution in [0.15, 0.2) is 48.7 Å². The molecule has 2 heterocycles. The minimum atomic E-state index is -0.332. The highest BCUT2D eigenvalue weighted by molar-refractivity contribution is 6.05. The Morgan fingerprint density at radius 2 is 1.83 bits per heavy atom. The number of nitrogens with zero attached hydrogens (tertiary/aromatic N) is 2. The molecule has 2 N–H and O–H groups in total. The number of rotatable bonds is 4. The van der Waals surface area contributed by atoms with Crippen molar-refractivity contribution in [2.45, 2.75) is 32.6 Å². The number of carbonyl (C=O) groups is 1. The number of aryl methyl sites for hydroxylation is 2. The number of aromatic nitrogens is 2. The largest absolute Gasteiger partial charge is 0.322 e. The fourth-order valence-corrected chi connectivity index (χ4v) is 3.82. The third-order valence-electron chi connectivity index (χ3n) is 5.61. The first-order valence-electron chi connectivity index (χ1n) is 9.96. The Balaban J connectivity index is 1.72. The van der Waals surface area contributed by atoms with Crippen molar-refractivity contribution in [2.75, 3.05) is 18.4 Å². The molecule has 0 bridgehead atoms. The van der Waals surface area contributed by atoms with Crippen LogP contribution in [0.4, 0.5) is 10.1 Å². The minimum Gasteiger partial charge on any atom is -0.322 e. The number of anilines is 1. The topological polar surface area (TPSA) is 59.0 Å². The van der Waals surface area contributed by atoms with Crippen LogP contribution < -0.4 is 10.6 Å². The molecular formula is C23H25FN4O. The normalized spacial score (nSPS) is 14.7. The van der Waals surface area contributed by atoms with Crippen molar-refractivity contribution >= 4 is 11.6 Å². The monoisotopic (exact) mass is 392 g/mol. The van der Waals surface area contributed by atoms with Gasteiger partial charge in [-0.15, -0.1) is 0 Å². The van der Waals surface area contributed by atoms with Gasteiger partial charge in [0.2, 0.25) is 0 Å². The van der Waals surface area contributed by atoms with Crippen molar-refractivity contribution in [2.24, 2.45) is 0 Å². The van der Waals surface area contributed by atoms with Gasteiger partial charge in [0.1, 0.15) is 5.82 Å². The first-order chi connectivity index (χ1) is 14.0. The van der Waals surface area contributed by atoms with E-state index in [1.54, 1.807) is 18.3 Å². The van der Waals surface area contributed by atoms with Crippen LogP contribution in [-0.4, -0.2) is 28.8 Å². The molecule has 1 aliphatic rings. The number of benzene rings is 2. The van der Waals surface area contributed by atoms with Gasteiger partial charge < -0.3 is 10.6 Å². The smallest absolute Gasteiger partial charge is 0.259 e. The summed E-state index contributed by atoms with van der Waals surface area (Å²) < 4.78 is 15.1. The molecule has 0 aliphatic carbocycles. The highest BCUT2D eigenvalue weighted by Gasteiger charge is 2.27. The second-order valence-electron chi connectivity index (χ2n) is 7.61. The first-order valence-corrected chi connectivity index (χ1v) is 9.96. The quantitative estimate of drug-likeness (QED) is 0.694. The van der Waals surface area contributed by atoms with E-state index >= 15 is 0 Å². The van der Waals surface area contributed by atoms with Gasteiger partial charge in [-0.05, 0) is 87.3 Å². The molecule has 1 aromatic heterocycles. The van der Waals surface area contributed by atoms with Gasteiger partial charge in [0, 0.05) is 11.6 Å². The Morgan fingerprint density at radius 3 is 2.52 bits per heavy atom. The van der Waals surface area contributed by atoms with Crippen molar-refractivity contribution in [3.63, 3.8) is 0 Å². The van der Waals surface area contributed by atoms with E-state index in [2.05, 4.69) is 41.7 Å². The summed E-state index contributed by atoms with van der Waals surface area (Å²) in [7, 11) is 0. The zero-order chi connectivity index (χ0) is 20.4. The molecule has 5 nitrogen and oxygen atoms in total. The van der Waals surface area contributed by atoms with Crippen LogP contribution >= 0.6 is 0 Å². The molecule has 0 unspecified atom stereocenters. The number of halogens is 1. The Bertz CT molecular complexity index is 1020. The molecule has 4 rings (SSSR count). The lowest BCUT2D eigenvalue weighted by molar-refractivity contribution is 0.102. The van der Waals surface area contributed by atoms with E-state index in [-0.39, 0.29) is 17.6 Å². The van der Waals surface area contributed by atoms with E-state index in [0.29, 0.717) is 11.3 Å². The number of piperidine rings is 1. The van der Waals surface area contributed by atoms with Gasteiger partial charge >= 0.3 is 0 Å². The summed E-state index contributed by atoms with van der Waals surface area (Å²) in [6, 6.07) is 12.0. The SMILES string of the molecule is Cc1ccc(-n2ncc(C(=O)Nc3ccc(F)cc3)c2C2CCNCC2)cc1C. The summed E-state index contributed by atoms with van der Waals surface area (Å²) >= 11 is 0. The lowest BCUT2D eigenvalue weighted by Gasteiger charge is -2.25. The molecule has 6 heteroatoms. The Hall–Kier alpha value is -2.99. The van der Waals surface area contributed by atoms with E-state index in [4.69, 9.17) is 0 Å². The number of amides is 1. The van der Waals surface area contributed by atoms with E-state index in [1.807, 2.05) is 10.7 Å². The molecule has 29 heavy (non-hydrogen) atoms. The van der Waals surface area contributed by atoms with Crippen molar-refractivity contribution in [3.8, 4) is 5.69 Å². The summed E-state index contributed by atoms with van der Waals surface area (Å²) in [4.78, 5) is 13.1. The molecular weight excluding hydrogens is 367 g/mol. The van der Waals surface area contributed by atoms with Crippen LogP contribution in [0.5, 0.6) is 0 Å². The highest BCUT2D eigenvalue weighted by Crippen LogP contribution is 2.31. The number of hydrogen-bond donors (Lipinski definition) is 2. The second kappa shape index (κ2) is 8.17. The molecule has 2 aromatic carbocycles. The van der Waals surface area contributed by atoms with Gasteiger partial charge in [-0.1, -0.05) is 6.07 Å². The Morgan fingerprint density at radius 1 is 1.10 bits per heavy atom. The van der Waals surface area contributed by atoms with Crippen LogP contribution in [0.2, 0.25) is 0 Å². The third kappa shape index (κ3) is 4.07. The van der Waals surface area contributed by atoms with Gasteiger partial charge in [0.05, 0.1) is 23.1 Å². The van der Waals surface area contributed by atoms with Crippen LogP contribution in [0.1, 0.15) is 45.9 Å². The zero-order valence-electron chi connectivity index (χ0n) is 16.7. The van der Waals surface area contributed by atoms with E-state index in [9.17, 15) is 9.18 Å². The number of hydrogen-bond acceptors (Lipinski definition) is 3. The van der Waals surface area contributed by atoms with E-state index in [1.165, 1.54) is 23.3 Å². The molecule has 0 atom stereocenters. The predicted molar refractivity (Wildman–Crippen MR) is 112 cm³/mol. The van der Waals surface area contributed by atoms with Crippen molar-refractivity contribution in [1.29, 1.82) is 0 Å². The standard InChI is InChI=1S/C23H25FN4O/c1-15-3-8-20(13-16(15)2)28-22(17-9-11-25-12-10-17)21(14-26-28)23(29)27-19-6-4-18(24)5-7-19/h3-8,13-14,17,25H,9-12H2,1-2H3,(H,27,29). The van der Waals surface area contributed by atoms with Gasteiger partial charge in [0.25, 0.3) is 5.91 Å². The average molecular weight is 392 g/mol. The first kappa shape index (κ1) is 19.3. The minimum absolute atomic E-state index is 0.222. The van der Waals surface area contributed by atoms with E-state index < -0.39 is 0 Å². The van der Waals surface area contributed by atoms with Gasteiger partial charge in [-0.25, -0.2) is 9.07 Å². The maximum atomic E-state index is 13.2. The fourth-order valence-electron chi connectivity index (χ4n) is 3.82. The summed E-state index contributed by atoms with van der Waals surface area (Å²) in [5, 5.41) is 10.8. The summed E-state index contributed by atoms with van der Waals surface area (Å²) in [6.45, 7) is 6.00. The molecule has 1 aliphatic heterocycles. The molecule has 1 amide bonds. The van der Waals surface area contributed by atoms with Gasteiger partial charge in [-0.2, -0.15) is 5.10 Å². The second-order valence-corrected chi connectivity index (χ2v) is 7.61. The summed E-state index contributed by atoms with van der Waals surface area (Å²) in [5.41, 5.74) is 5.44. The third-order valence-corrected chi connectivity index (χ3v) is 5.61. The average Bonchev–Trinajstić information content (AvgIpc) is 3.18. The molecule has 150 valence electrons. The van der Waals surface area contributed by atoms with Gasteiger partial charge in [0.15, 0.2) is 0 Å². The van der Waals surface area contributed by atoms with Crippen molar-refractivity contribution in [3.05, 3.63) is 76.9 Å². The van der Waals surface area contributed by atoms with Crippen LogP contribution in [0.3, 0.4) is 0 Å². The van der Waals surface area contributed by atoms with Gasteiger partial charge in [-0.3, -0.25) is 4.79 Å². The van der Waals surface area contributed by atoms with Crippen LogP contribution in [0, 0.1) is 19.7 Å². The molecule has 1 fully saturated rings. The van der Waals surface area contributed by atoms with E-state index in [0.717, 1.165) is 37.3 Å². The van der Waals surface area contributed by atoms with Crippen LogP contribution in [0.25, 0.3) is 5.69 Å². The Kier molecular flexibility index (Phi) is 5.45. The summed E-state index contributed by atoms with van der Waals surface area (Å²) in [6.07, 6.45) is 3.55. The lowest BCUT2D eigenvalue weighted by Crippen LogP contribution is -2.29. The molecule has 0 saturated carbocycles. The maximum Gasteiger partial charge on any atom is 0.259 e. The number of nitrogens with one attached hydrogen (secondary N) is 2. The maximum absolute atomic E-state index is 13.2. The molecule has 1 saturated heterocycles. The Labute approximate surface area is 169 Å². The lowest BCUT2D eigenvalue weighted by atomic mass is 9.91. The van der Waals surface area contributed by atoms with Crippen molar-refractivity contribution < 1.29 is 9.18 Å².